The van der Waals surface area contributed by atoms with Crippen LogP contribution in [-0.2, 0) is 17.8 Å². The van der Waals surface area contributed by atoms with Gasteiger partial charge in [-0.15, -0.1) is 11.3 Å². The Balaban J connectivity index is 1.53. The van der Waals surface area contributed by atoms with Gasteiger partial charge in [0.2, 0.25) is 0 Å². The van der Waals surface area contributed by atoms with Crippen LogP contribution < -0.4 is 5.32 Å². The molecule has 128 valence electrons. The molecule has 0 spiro atoms. The van der Waals surface area contributed by atoms with E-state index in [1.54, 1.807) is 11.3 Å². The Kier molecular flexibility index (Phi) is 5.96. The van der Waals surface area contributed by atoms with E-state index in [1.807, 2.05) is 30.3 Å². The third kappa shape index (κ3) is 4.41. The third-order valence-electron chi connectivity index (χ3n) is 4.22. The van der Waals surface area contributed by atoms with Gasteiger partial charge in [-0.25, -0.2) is 4.98 Å². The molecular formula is C18H23N3O2S. The Morgan fingerprint density at radius 1 is 1.42 bits per heavy atom. The summed E-state index contributed by atoms with van der Waals surface area (Å²) in [7, 11) is 0. The smallest absolute Gasteiger partial charge is 0.251 e. The summed E-state index contributed by atoms with van der Waals surface area (Å²) in [4.78, 5) is 19.2. The van der Waals surface area contributed by atoms with Crippen LogP contribution in [0.1, 0.15) is 34.4 Å². The van der Waals surface area contributed by atoms with Gasteiger partial charge < -0.3 is 10.1 Å². The molecule has 24 heavy (non-hydrogen) atoms. The van der Waals surface area contributed by atoms with E-state index in [0.29, 0.717) is 18.2 Å². The maximum absolute atomic E-state index is 12.1. The van der Waals surface area contributed by atoms with E-state index in [4.69, 9.17) is 4.74 Å². The summed E-state index contributed by atoms with van der Waals surface area (Å²) in [6.45, 7) is 6.07. The van der Waals surface area contributed by atoms with Gasteiger partial charge in [-0.3, -0.25) is 9.69 Å². The van der Waals surface area contributed by atoms with Crippen LogP contribution in [0.15, 0.2) is 35.7 Å². The quantitative estimate of drug-likeness (QED) is 0.875. The standard InChI is InChI=1S/C18H23N3O2S/c1-2-16-12-23-9-8-21(16)11-15-13-24-17(20-15)10-19-18(22)14-6-4-3-5-7-14/h3-7,13,16H,2,8-12H2,1H3,(H,19,22)/t16-/m0/s1. The average molecular weight is 345 g/mol. The largest absolute Gasteiger partial charge is 0.378 e. The second-order valence-electron chi connectivity index (χ2n) is 5.89. The highest BCUT2D eigenvalue weighted by atomic mass is 32.1. The molecule has 0 bridgehead atoms. The molecule has 6 heteroatoms. The zero-order valence-electron chi connectivity index (χ0n) is 13.9. The van der Waals surface area contributed by atoms with E-state index in [1.165, 1.54) is 0 Å². The number of nitrogens with zero attached hydrogens (tertiary/aromatic N) is 2. The van der Waals surface area contributed by atoms with E-state index in [0.717, 1.165) is 43.4 Å². The first-order valence-corrected chi connectivity index (χ1v) is 9.22. The van der Waals surface area contributed by atoms with Crippen LogP contribution in [0.2, 0.25) is 0 Å². The molecule has 1 aliphatic heterocycles. The Bertz CT molecular complexity index is 659. The van der Waals surface area contributed by atoms with Crippen molar-refractivity contribution in [2.24, 2.45) is 0 Å². The van der Waals surface area contributed by atoms with Crippen LogP contribution in [0.5, 0.6) is 0 Å². The number of carbonyl (C=O) groups is 1. The summed E-state index contributed by atoms with van der Waals surface area (Å²) in [6.07, 6.45) is 1.09. The van der Waals surface area contributed by atoms with Gasteiger partial charge in [-0.2, -0.15) is 0 Å². The van der Waals surface area contributed by atoms with Crippen LogP contribution >= 0.6 is 11.3 Å². The van der Waals surface area contributed by atoms with Gasteiger partial charge in [0.25, 0.3) is 5.91 Å². The lowest BCUT2D eigenvalue weighted by atomic mass is 10.1. The maximum atomic E-state index is 12.1. The van der Waals surface area contributed by atoms with Gasteiger partial charge in [0.15, 0.2) is 0 Å². The summed E-state index contributed by atoms with van der Waals surface area (Å²) in [5.74, 6) is -0.0634. The number of aromatic nitrogens is 1. The topological polar surface area (TPSA) is 54.5 Å². The van der Waals surface area contributed by atoms with Gasteiger partial charge in [0, 0.05) is 30.1 Å². The van der Waals surface area contributed by atoms with Gasteiger partial charge in [0.05, 0.1) is 25.5 Å². The lowest BCUT2D eigenvalue weighted by Gasteiger charge is -2.34. The summed E-state index contributed by atoms with van der Waals surface area (Å²) < 4.78 is 5.55. The fourth-order valence-electron chi connectivity index (χ4n) is 2.83. The molecule has 0 radical (unpaired) electrons. The molecule has 1 aromatic heterocycles. The number of hydrogen-bond acceptors (Lipinski definition) is 5. The van der Waals surface area contributed by atoms with Crippen LogP contribution in [0.3, 0.4) is 0 Å². The van der Waals surface area contributed by atoms with Crippen molar-refractivity contribution >= 4 is 17.2 Å². The second-order valence-corrected chi connectivity index (χ2v) is 6.83. The molecule has 1 saturated heterocycles. The highest BCUT2D eigenvalue weighted by Gasteiger charge is 2.22. The Morgan fingerprint density at radius 2 is 2.25 bits per heavy atom. The molecule has 2 aromatic rings. The summed E-state index contributed by atoms with van der Waals surface area (Å²) in [6, 6.07) is 9.73. The first-order chi connectivity index (χ1) is 11.8. The fourth-order valence-corrected chi connectivity index (χ4v) is 3.56. The van der Waals surface area contributed by atoms with Crippen molar-refractivity contribution in [3.05, 3.63) is 52.0 Å². The maximum Gasteiger partial charge on any atom is 0.251 e. The number of thiazole rings is 1. The molecule has 1 aliphatic rings. The highest BCUT2D eigenvalue weighted by Crippen LogP contribution is 2.17. The molecule has 1 aromatic carbocycles. The van der Waals surface area contributed by atoms with Crippen molar-refractivity contribution < 1.29 is 9.53 Å². The minimum atomic E-state index is -0.0634. The predicted octanol–water partition coefficient (Wildman–Crippen LogP) is 2.68. The molecule has 1 atom stereocenters. The Labute approximate surface area is 146 Å². The van der Waals surface area contributed by atoms with E-state index in [9.17, 15) is 4.79 Å². The fraction of sp³-hybridized carbons (Fsp3) is 0.444. The van der Waals surface area contributed by atoms with Crippen molar-refractivity contribution in [1.82, 2.24) is 15.2 Å². The van der Waals surface area contributed by atoms with E-state index < -0.39 is 0 Å². The second kappa shape index (κ2) is 8.37. The molecule has 2 heterocycles. The molecule has 1 fully saturated rings. The average Bonchev–Trinajstić information content (AvgIpc) is 3.08. The lowest BCUT2D eigenvalue weighted by molar-refractivity contribution is -0.0132. The minimum Gasteiger partial charge on any atom is -0.378 e. The SMILES string of the molecule is CC[C@H]1COCCN1Cc1csc(CNC(=O)c2ccccc2)n1. The first-order valence-electron chi connectivity index (χ1n) is 8.34. The molecule has 0 saturated carbocycles. The van der Waals surface area contributed by atoms with Gasteiger partial charge in [-0.05, 0) is 18.6 Å². The van der Waals surface area contributed by atoms with Gasteiger partial charge >= 0.3 is 0 Å². The van der Waals surface area contributed by atoms with Gasteiger partial charge in [-0.1, -0.05) is 25.1 Å². The normalized spacial score (nSPS) is 18.5. The van der Waals surface area contributed by atoms with E-state index in [-0.39, 0.29) is 5.91 Å². The monoisotopic (exact) mass is 345 g/mol. The molecule has 1 amide bonds. The number of benzene rings is 1. The minimum absolute atomic E-state index is 0.0634. The third-order valence-corrected chi connectivity index (χ3v) is 5.12. The molecule has 3 rings (SSSR count). The number of morpholine rings is 1. The molecule has 5 nitrogen and oxygen atoms in total. The van der Waals surface area contributed by atoms with Gasteiger partial charge in [0.1, 0.15) is 5.01 Å². The Morgan fingerprint density at radius 3 is 3.04 bits per heavy atom. The number of hydrogen-bond donors (Lipinski definition) is 1. The predicted molar refractivity (Wildman–Crippen MR) is 95.0 cm³/mol. The molecule has 0 unspecified atom stereocenters. The van der Waals surface area contributed by atoms with Crippen molar-refractivity contribution in [3.63, 3.8) is 0 Å². The summed E-state index contributed by atoms with van der Waals surface area (Å²) in [5.41, 5.74) is 1.75. The van der Waals surface area contributed by atoms with Crippen molar-refractivity contribution in [1.29, 1.82) is 0 Å². The highest BCUT2D eigenvalue weighted by molar-refractivity contribution is 7.09. The number of ether oxygens (including phenoxy) is 1. The first kappa shape index (κ1) is 17.1. The number of rotatable bonds is 6. The van der Waals surface area contributed by atoms with Crippen LogP contribution in [0.4, 0.5) is 0 Å². The number of nitrogens with one attached hydrogen (secondary N) is 1. The Hall–Kier alpha value is -1.76. The summed E-state index contributed by atoms with van der Waals surface area (Å²) >= 11 is 1.60. The zero-order chi connectivity index (χ0) is 16.8. The van der Waals surface area contributed by atoms with Crippen molar-refractivity contribution in [2.75, 3.05) is 19.8 Å². The van der Waals surface area contributed by atoms with Crippen molar-refractivity contribution in [3.8, 4) is 0 Å². The van der Waals surface area contributed by atoms with E-state index >= 15 is 0 Å². The summed E-state index contributed by atoms with van der Waals surface area (Å²) in [5, 5.41) is 5.96. The zero-order valence-corrected chi connectivity index (χ0v) is 14.7. The molecular weight excluding hydrogens is 322 g/mol. The van der Waals surface area contributed by atoms with Crippen LogP contribution in [0, 0.1) is 0 Å². The van der Waals surface area contributed by atoms with Crippen LogP contribution in [0.25, 0.3) is 0 Å². The number of carbonyl (C=O) groups excluding carboxylic acids is 1. The number of amides is 1. The van der Waals surface area contributed by atoms with Crippen LogP contribution in [-0.4, -0.2) is 41.6 Å². The molecule has 1 N–H and O–H groups in total. The molecule has 0 aliphatic carbocycles. The van der Waals surface area contributed by atoms with Crippen molar-refractivity contribution in [2.45, 2.75) is 32.5 Å². The van der Waals surface area contributed by atoms with E-state index in [2.05, 4.69) is 27.5 Å². The lowest BCUT2D eigenvalue weighted by Crippen LogP contribution is -2.44.